The molecule has 0 aliphatic carbocycles. The van der Waals surface area contributed by atoms with Gasteiger partial charge in [0.2, 0.25) is 5.91 Å². The van der Waals surface area contributed by atoms with Crippen LogP contribution in [0.1, 0.15) is 58.3 Å². The van der Waals surface area contributed by atoms with Crippen molar-refractivity contribution < 1.29 is 4.79 Å². The Labute approximate surface area is 118 Å². The molecule has 1 amide bonds. The predicted octanol–water partition coefficient (Wildman–Crippen LogP) is 1.89. The molecule has 4 nitrogen and oxygen atoms in total. The second-order valence-corrected chi connectivity index (χ2v) is 5.83. The van der Waals surface area contributed by atoms with E-state index in [0.29, 0.717) is 6.42 Å². The first-order valence-electron chi connectivity index (χ1n) is 7.93. The van der Waals surface area contributed by atoms with Crippen LogP contribution in [0.5, 0.6) is 0 Å². The average Bonchev–Trinajstić information content (AvgIpc) is 2.41. The average molecular weight is 269 g/mol. The predicted molar refractivity (Wildman–Crippen MR) is 80.0 cm³/mol. The second-order valence-electron chi connectivity index (χ2n) is 5.83. The van der Waals surface area contributed by atoms with Gasteiger partial charge in [-0.25, -0.2) is 0 Å². The smallest absolute Gasteiger partial charge is 0.220 e. The summed E-state index contributed by atoms with van der Waals surface area (Å²) < 4.78 is 0. The molecule has 3 N–H and O–H groups in total. The molecule has 0 bridgehead atoms. The van der Waals surface area contributed by atoms with Gasteiger partial charge in [-0.05, 0) is 58.7 Å². The standard InChI is InChI=1S/C15H31N3O/c1-14(16)8-9-15(19)17-10-4-2-5-11-18-12-6-3-7-13-18/h14H,2-13,16H2,1H3,(H,17,19). The Balaban J connectivity index is 1.86. The maximum atomic E-state index is 11.5. The number of nitrogens with two attached hydrogens (primary N) is 1. The van der Waals surface area contributed by atoms with Crippen molar-refractivity contribution in [3.8, 4) is 0 Å². The number of carbonyl (C=O) groups is 1. The molecule has 0 aromatic carbocycles. The molecule has 19 heavy (non-hydrogen) atoms. The number of nitrogens with zero attached hydrogens (tertiary/aromatic N) is 1. The number of likely N-dealkylation sites (tertiary alicyclic amines) is 1. The summed E-state index contributed by atoms with van der Waals surface area (Å²) in [7, 11) is 0. The summed E-state index contributed by atoms with van der Waals surface area (Å²) in [6.07, 6.45) is 9.05. The number of carbonyl (C=O) groups excluding carboxylic acids is 1. The zero-order valence-corrected chi connectivity index (χ0v) is 12.5. The fraction of sp³-hybridized carbons (Fsp3) is 0.933. The number of hydrogen-bond acceptors (Lipinski definition) is 3. The fourth-order valence-corrected chi connectivity index (χ4v) is 2.50. The van der Waals surface area contributed by atoms with E-state index in [1.807, 2.05) is 6.92 Å². The van der Waals surface area contributed by atoms with Gasteiger partial charge in [0, 0.05) is 19.0 Å². The van der Waals surface area contributed by atoms with Crippen molar-refractivity contribution in [3.05, 3.63) is 0 Å². The minimum absolute atomic E-state index is 0.121. The monoisotopic (exact) mass is 269 g/mol. The largest absolute Gasteiger partial charge is 0.356 e. The topological polar surface area (TPSA) is 58.4 Å². The highest BCUT2D eigenvalue weighted by Gasteiger charge is 2.08. The summed E-state index contributed by atoms with van der Waals surface area (Å²) in [6, 6.07) is 0.121. The number of rotatable bonds is 9. The minimum Gasteiger partial charge on any atom is -0.356 e. The van der Waals surface area contributed by atoms with Crippen molar-refractivity contribution in [1.29, 1.82) is 0 Å². The second kappa shape index (κ2) is 10.2. The summed E-state index contributed by atoms with van der Waals surface area (Å²) in [5.41, 5.74) is 5.62. The molecular formula is C15H31N3O. The van der Waals surface area contributed by atoms with Crippen LogP contribution < -0.4 is 11.1 Å². The number of nitrogens with one attached hydrogen (secondary N) is 1. The Morgan fingerprint density at radius 3 is 2.63 bits per heavy atom. The Morgan fingerprint density at radius 2 is 1.95 bits per heavy atom. The van der Waals surface area contributed by atoms with Gasteiger partial charge in [-0.1, -0.05) is 12.8 Å². The van der Waals surface area contributed by atoms with Gasteiger partial charge in [-0.2, -0.15) is 0 Å². The fourth-order valence-electron chi connectivity index (χ4n) is 2.50. The van der Waals surface area contributed by atoms with E-state index in [-0.39, 0.29) is 11.9 Å². The van der Waals surface area contributed by atoms with Crippen molar-refractivity contribution in [2.24, 2.45) is 5.73 Å². The summed E-state index contributed by atoms with van der Waals surface area (Å²) in [5, 5.41) is 2.97. The summed E-state index contributed by atoms with van der Waals surface area (Å²) in [4.78, 5) is 14.0. The first kappa shape index (κ1) is 16.4. The van der Waals surface area contributed by atoms with E-state index in [4.69, 9.17) is 5.73 Å². The lowest BCUT2D eigenvalue weighted by molar-refractivity contribution is -0.121. The molecule has 1 unspecified atom stereocenters. The van der Waals surface area contributed by atoms with E-state index in [9.17, 15) is 4.79 Å². The molecule has 1 atom stereocenters. The van der Waals surface area contributed by atoms with Gasteiger partial charge in [0.15, 0.2) is 0 Å². The van der Waals surface area contributed by atoms with Crippen LogP contribution in [0.3, 0.4) is 0 Å². The highest BCUT2D eigenvalue weighted by atomic mass is 16.1. The summed E-state index contributed by atoms with van der Waals surface area (Å²) in [6.45, 7) is 6.56. The third-order valence-electron chi connectivity index (χ3n) is 3.75. The van der Waals surface area contributed by atoms with Crippen LogP contribution in [0.4, 0.5) is 0 Å². The van der Waals surface area contributed by atoms with Gasteiger partial charge in [0.25, 0.3) is 0 Å². The van der Waals surface area contributed by atoms with Crippen molar-refractivity contribution in [2.75, 3.05) is 26.2 Å². The van der Waals surface area contributed by atoms with Gasteiger partial charge in [-0.15, -0.1) is 0 Å². The molecule has 0 saturated carbocycles. The van der Waals surface area contributed by atoms with Crippen LogP contribution in [0.25, 0.3) is 0 Å². The first-order chi connectivity index (χ1) is 9.18. The van der Waals surface area contributed by atoms with E-state index in [1.54, 1.807) is 0 Å². The first-order valence-corrected chi connectivity index (χ1v) is 7.93. The van der Waals surface area contributed by atoms with E-state index in [1.165, 1.54) is 51.7 Å². The SMILES string of the molecule is CC(N)CCC(=O)NCCCCCN1CCCCC1. The Morgan fingerprint density at radius 1 is 1.21 bits per heavy atom. The number of amides is 1. The van der Waals surface area contributed by atoms with E-state index >= 15 is 0 Å². The van der Waals surface area contributed by atoms with Crippen molar-refractivity contribution >= 4 is 5.91 Å². The lowest BCUT2D eigenvalue weighted by atomic mass is 10.1. The van der Waals surface area contributed by atoms with Crippen molar-refractivity contribution in [3.63, 3.8) is 0 Å². The van der Waals surface area contributed by atoms with Crippen molar-refractivity contribution in [2.45, 2.75) is 64.3 Å². The molecule has 1 saturated heterocycles. The lowest BCUT2D eigenvalue weighted by Gasteiger charge is -2.26. The third kappa shape index (κ3) is 9.00. The molecule has 4 heteroatoms. The van der Waals surface area contributed by atoms with Crippen LogP contribution in [-0.4, -0.2) is 43.0 Å². The highest BCUT2D eigenvalue weighted by molar-refractivity contribution is 5.75. The molecule has 0 aromatic heterocycles. The Hall–Kier alpha value is -0.610. The Kier molecular flexibility index (Phi) is 8.84. The maximum absolute atomic E-state index is 11.5. The summed E-state index contributed by atoms with van der Waals surface area (Å²) in [5.74, 6) is 0.147. The quantitative estimate of drug-likeness (QED) is 0.628. The lowest BCUT2D eigenvalue weighted by Crippen LogP contribution is -2.30. The van der Waals surface area contributed by atoms with Gasteiger partial charge < -0.3 is 16.0 Å². The van der Waals surface area contributed by atoms with Gasteiger partial charge in [0.05, 0.1) is 0 Å². The van der Waals surface area contributed by atoms with E-state index in [0.717, 1.165) is 19.4 Å². The molecule has 1 fully saturated rings. The van der Waals surface area contributed by atoms with E-state index in [2.05, 4.69) is 10.2 Å². The highest BCUT2D eigenvalue weighted by Crippen LogP contribution is 2.09. The summed E-state index contributed by atoms with van der Waals surface area (Å²) >= 11 is 0. The molecule has 1 rings (SSSR count). The van der Waals surface area contributed by atoms with Gasteiger partial charge in [0.1, 0.15) is 0 Å². The van der Waals surface area contributed by atoms with Crippen LogP contribution in [0, 0.1) is 0 Å². The van der Waals surface area contributed by atoms with E-state index < -0.39 is 0 Å². The molecule has 112 valence electrons. The van der Waals surface area contributed by atoms with Gasteiger partial charge >= 0.3 is 0 Å². The minimum atomic E-state index is 0.121. The van der Waals surface area contributed by atoms with Crippen LogP contribution in [0.15, 0.2) is 0 Å². The molecule has 0 radical (unpaired) electrons. The Bertz CT molecular complexity index is 238. The van der Waals surface area contributed by atoms with Crippen LogP contribution in [-0.2, 0) is 4.79 Å². The molecule has 0 spiro atoms. The van der Waals surface area contributed by atoms with Gasteiger partial charge in [-0.3, -0.25) is 4.79 Å². The maximum Gasteiger partial charge on any atom is 0.220 e. The zero-order chi connectivity index (χ0) is 13.9. The van der Waals surface area contributed by atoms with Crippen LogP contribution in [0.2, 0.25) is 0 Å². The number of hydrogen-bond donors (Lipinski definition) is 2. The normalized spacial score (nSPS) is 18.2. The molecule has 1 aliphatic rings. The molecule has 1 heterocycles. The number of unbranched alkanes of at least 4 members (excludes halogenated alkanes) is 2. The number of piperidine rings is 1. The molecule has 1 aliphatic heterocycles. The van der Waals surface area contributed by atoms with Crippen LogP contribution >= 0.6 is 0 Å². The molecule has 0 aromatic rings. The van der Waals surface area contributed by atoms with Crippen molar-refractivity contribution in [1.82, 2.24) is 10.2 Å². The zero-order valence-electron chi connectivity index (χ0n) is 12.5. The molecular weight excluding hydrogens is 238 g/mol. The third-order valence-corrected chi connectivity index (χ3v) is 3.75.